The Bertz CT molecular complexity index is 427. The number of rotatable bonds is 12. The van der Waals surface area contributed by atoms with Crippen molar-refractivity contribution in [2.75, 3.05) is 0 Å². The van der Waals surface area contributed by atoms with E-state index in [1.165, 1.54) is 38.5 Å². The number of Topliss-reactive ketones (excluding diaryl/α,β-unsaturated/α-hetero) is 1. The first kappa shape index (κ1) is 28.8. The molecule has 0 aliphatic rings. The number of aliphatic hydroxyl groups excluding tert-OH is 1. The van der Waals surface area contributed by atoms with Crippen LogP contribution in [0.2, 0.25) is 0 Å². The first-order valence-electron chi connectivity index (χ1n) is 7.79. The number of unbranched alkanes of at least 4 members (excludes halogenated alkanes) is 8. The summed E-state index contributed by atoms with van der Waals surface area (Å²) >= 11 is 0. The van der Waals surface area contributed by atoms with Crippen molar-refractivity contribution in [2.24, 2.45) is 5.73 Å². The molecule has 0 aliphatic carbocycles. The fourth-order valence-electron chi connectivity index (χ4n) is 1.91. The summed E-state index contributed by atoms with van der Waals surface area (Å²) in [6, 6.07) is 0. The molecular weight excluding hydrogens is 349 g/mol. The molecular formula is C14H30NNaO7S. The molecule has 0 aromatic rings. The van der Waals surface area contributed by atoms with Crippen molar-refractivity contribution in [1.29, 1.82) is 0 Å². The van der Waals surface area contributed by atoms with Crippen molar-refractivity contribution in [2.45, 2.75) is 77.2 Å². The van der Waals surface area contributed by atoms with E-state index in [0.29, 0.717) is 0 Å². The minimum Gasteiger partial charge on any atom is -1.00 e. The smallest absolute Gasteiger partial charge is 1.00 e. The van der Waals surface area contributed by atoms with Crippen molar-refractivity contribution >= 4 is 22.1 Å². The standard InChI is InChI=1S/C14H27NO3.Na.H2O4S.H/c1-2-3-4-5-6-7-8-9-10-11-12(16)13(17)14(15)18;;1-5(2,3)4;/h13,17H,2-11H2,1H3,(H2,15,18);;(H2,1,2,3,4);/q;+1;;-1. The van der Waals surface area contributed by atoms with E-state index in [1.807, 2.05) is 0 Å². The number of primary amides is 1. The summed E-state index contributed by atoms with van der Waals surface area (Å²) in [5.74, 6) is -1.40. The Morgan fingerprint density at radius 2 is 1.29 bits per heavy atom. The normalized spacial score (nSPS) is 11.7. The van der Waals surface area contributed by atoms with E-state index in [9.17, 15) is 9.59 Å². The Morgan fingerprint density at radius 3 is 1.62 bits per heavy atom. The maximum atomic E-state index is 11.2. The van der Waals surface area contributed by atoms with Gasteiger partial charge in [-0.3, -0.25) is 18.7 Å². The Balaban J connectivity index is -0.000000276. The molecule has 5 N–H and O–H groups in total. The van der Waals surface area contributed by atoms with Gasteiger partial charge >= 0.3 is 40.0 Å². The number of nitrogens with two attached hydrogens (primary N) is 1. The second kappa shape index (κ2) is 17.8. The molecule has 0 saturated heterocycles. The van der Waals surface area contributed by atoms with Crippen molar-refractivity contribution in [3.05, 3.63) is 0 Å². The van der Waals surface area contributed by atoms with Crippen molar-refractivity contribution in [3.63, 3.8) is 0 Å². The molecule has 10 heteroatoms. The van der Waals surface area contributed by atoms with E-state index in [-0.39, 0.29) is 37.4 Å². The zero-order valence-corrected chi connectivity index (χ0v) is 17.4. The van der Waals surface area contributed by atoms with E-state index in [1.54, 1.807) is 0 Å². The first-order valence-corrected chi connectivity index (χ1v) is 9.19. The van der Waals surface area contributed by atoms with Crippen LogP contribution in [0.25, 0.3) is 0 Å². The Labute approximate surface area is 167 Å². The molecule has 0 heterocycles. The molecule has 0 aromatic carbocycles. The van der Waals surface area contributed by atoms with Crippen LogP contribution in [0.1, 0.15) is 72.6 Å². The predicted molar refractivity (Wildman–Crippen MR) is 87.3 cm³/mol. The Kier molecular flexibility index (Phi) is 21.3. The fraction of sp³-hybridized carbons (Fsp3) is 0.857. The van der Waals surface area contributed by atoms with Gasteiger partial charge in [-0.2, -0.15) is 8.42 Å². The number of ketones is 1. The molecule has 140 valence electrons. The minimum absolute atomic E-state index is 0. The van der Waals surface area contributed by atoms with Gasteiger partial charge in [0.25, 0.3) is 5.91 Å². The van der Waals surface area contributed by atoms with Crippen LogP contribution in [0.3, 0.4) is 0 Å². The van der Waals surface area contributed by atoms with Gasteiger partial charge in [0.1, 0.15) is 0 Å². The maximum absolute atomic E-state index is 11.2. The van der Waals surface area contributed by atoms with Crippen LogP contribution in [-0.2, 0) is 20.0 Å². The molecule has 0 fully saturated rings. The van der Waals surface area contributed by atoms with Gasteiger partial charge in [-0.25, -0.2) is 0 Å². The van der Waals surface area contributed by atoms with E-state index in [4.69, 9.17) is 28.4 Å². The molecule has 0 bridgehead atoms. The number of carbonyl (C=O) groups is 2. The summed E-state index contributed by atoms with van der Waals surface area (Å²) < 4.78 is 31.6. The molecule has 1 unspecified atom stereocenters. The van der Waals surface area contributed by atoms with Gasteiger partial charge in [0.2, 0.25) is 0 Å². The van der Waals surface area contributed by atoms with Gasteiger partial charge in [-0.05, 0) is 6.42 Å². The van der Waals surface area contributed by atoms with Gasteiger partial charge in [0.15, 0.2) is 11.9 Å². The third-order valence-electron chi connectivity index (χ3n) is 3.10. The SMILES string of the molecule is CCCCCCCCCCCC(=O)C(O)C(N)=O.O=S(=O)(O)O.[H-].[Na+]. The van der Waals surface area contributed by atoms with Crippen molar-refractivity contribution < 1.29 is 63.2 Å². The monoisotopic (exact) mass is 379 g/mol. The second-order valence-electron chi connectivity index (χ2n) is 5.30. The fourth-order valence-corrected chi connectivity index (χ4v) is 1.91. The molecule has 0 radical (unpaired) electrons. The van der Waals surface area contributed by atoms with E-state index in [2.05, 4.69) is 6.92 Å². The number of carbonyl (C=O) groups excluding carboxylic acids is 2. The summed E-state index contributed by atoms with van der Waals surface area (Å²) in [6.45, 7) is 2.21. The van der Waals surface area contributed by atoms with Crippen molar-refractivity contribution in [3.8, 4) is 0 Å². The van der Waals surface area contributed by atoms with Gasteiger partial charge in [0.05, 0.1) is 0 Å². The maximum Gasteiger partial charge on any atom is 1.00 e. The molecule has 0 rings (SSSR count). The van der Waals surface area contributed by atoms with Crippen LogP contribution in [0.4, 0.5) is 0 Å². The first-order chi connectivity index (χ1) is 10.6. The van der Waals surface area contributed by atoms with Crippen LogP contribution in [0.15, 0.2) is 0 Å². The molecule has 0 spiro atoms. The Hall–Kier alpha value is -0.0300. The van der Waals surface area contributed by atoms with Gasteiger partial charge in [-0.1, -0.05) is 58.3 Å². The van der Waals surface area contributed by atoms with Crippen LogP contribution >= 0.6 is 0 Å². The van der Waals surface area contributed by atoms with Gasteiger partial charge < -0.3 is 12.3 Å². The second-order valence-corrected chi connectivity index (χ2v) is 6.19. The molecule has 24 heavy (non-hydrogen) atoms. The summed E-state index contributed by atoms with van der Waals surface area (Å²) in [5, 5.41) is 9.09. The summed E-state index contributed by atoms with van der Waals surface area (Å²) in [6.07, 6.45) is 9.14. The van der Waals surface area contributed by atoms with Crippen LogP contribution in [0, 0.1) is 0 Å². The molecule has 8 nitrogen and oxygen atoms in total. The average molecular weight is 379 g/mol. The summed E-state index contributed by atoms with van der Waals surface area (Å²) in [5.41, 5.74) is 4.84. The quantitative estimate of drug-likeness (QED) is 0.143. The van der Waals surface area contributed by atoms with E-state index >= 15 is 0 Å². The largest absolute Gasteiger partial charge is 1.00 e. The summed E-state index contributed by atoms with van der Waals surface area (Å²) in [7, 11) is -4.67. The molecule has 0 saturated carbocycles. The van der Waals surface area contributed by atoms with E-state index < -0.39 is 28.2 Å². The number of hydrogen-bond donors (Lipinski definition) is 4. The molecule has 0 aliphatic heterocycles. The molecule has 1 amide bonds. The van der Waals surface area contributed by atoms with Crippen LogP contribution in [0.5, 0.6) is 0 Å². The molecule has 1 atom stereocenters. The predicted octanol–water partition coefficient (Wildman–Crippen LogP) is -1.21. The van der Waals surface area contributed by atoms with Gasteiger partial charge in [0, 0.05) is 6.42 Å². The van der Waals surface area contributed by atoms with Crippen molar-refractivity contribution in [1.82, 2.24) is 0 Å². The average Bonchev–Trinajstić information content (AvgIpc) is 2.42. The third kappa shape index (κ3) is 26.8. The van der Waals surface area contributed by atoms with Crippen LogP contribution in [-0.4, -0.2) is 40.4 Å². The number of amides is 1. The topological polar surface area (TPSA) is 155 Å². The zero-order chi connectivity index (χ0) is 18.3. The minimum atomic E-state index is -4.67. The zero-order valence-electron chi connectivity index (χ0n) is 15.6. The van der Waals surface area contributed by atoms with Gasteiger partial charge in [-0.15, -0.1) is 0 Å². The van der Waals surface area contributed by atoms with Crippen LogP contribution < -0.4 is 35.3 Å². The van der Waals surface area contributed by atoms with E-state index in [0.717, 1.165) is 19.3 Å². The summed E-state index contributed by atoms with van der Waals surface area (Å²) in [4.78, 5) is 21.8. The number of aliphatic hydroxyl groups is 1. The number of hydrogen-bond acceptors (Lipinski definition) is 5. The third-order valence-corrected chi connectivity index (χ3v) is 3.10. The molecule has 0 aromatic heterocycles. The Morgan fingerprint density at radius 1 is 0.958 bits per heavy atom.